The van der Waals surface area contributed by atoms with Crippen molar-refractivity contribution in [3.05, 3.63) is 18.0 Å². The first-order chi connectivity index (χ1) is 17.7. The van der Waals surface area contributed by atoms with Crippen LogP contribution in [0.25, 0.3) is 0 Å². The highest BCUT2D eigenvalue weighted by Gasteiger charge is 2.50. The molecule has 1 aromatic heterocycles. The first-order valence-electron chi connectivity index (χ1n) is 11.5. The number of aliphatic carboxylic acids is 2. The molecule has 0 aliphatic carbocycles. The largest absolute Gasteiger partial charge is 0.490 e. The molecule has 1 spiro atoms. The molecule has 0 saturated carbocycles. The number of methoxy groups -OCH3 is 1. The molecule has 2 aliphatic rings. The monoisotopic (exact) mass is 598 g/mol. The zero-order valence-electron chi connectivity index (χ0n) is 21.5. The van der Waals surface area contributed by atoms with E-state index in [0.29, 0.717) is 19.7 Å². The molecule has 1 aromatic rings. The highest BCUT2D eigenvalue weighted by Crippen LogP contribution is 2.45. The van der Waals surface area contributed by atoms with E-state index in [1.165, 1.54) is 11.8 Å². The van der Waals surface area contributed by atoms with Crippen molar-refractivity contribution in [2.24, 2.45) is 11.3 Å². The minimum atomic E-state index is -5.08. The average Bonchev–Trinajstić information content (AvgIpc) is 3.40. The van der Waals surface area contributed by atoms with E-state index in [0.717, 1.165) is 39.0 Å². The molecule has 11 nitrogen and oxygen atoms in total. The number of aromatic nitrogens is 2. The highest BCUT2D eigenvalue weighted by molar-refractivity contribution is 7.88. The number of ether oxygens (including phenoxy) is 1. The predicted octanol–water partition coefficient (Wildman–Crippen LogP) is 2.29. The summed E-state index contributed by atoms with van der Waals surface area (Å²) in [6.45, 7) is 7.76. The van der Waals surface area contributed by atoms with Crippen molar-refractivity contribution in [3.63, 3.8) is 0 Å². The van der Waals surface area contributed by atoms with E-state index in [4.69, 9.17) is 24.5 Å². The number of carbonyl (C=O) groups is 2. The van der Waals surface area contributed by atoms with E-state index in [2.05, 4.69) is 23.1 Å². The molecule has 0 bridgehead atoms. The molecule has 1 atom stereocenters. The van der Waals surface area contributed by atoms with Crippen LogP contribution in [0.5, 0.6) is 0 Å². The van der Waals surface area contributed by atoms with Gasteiger partial charge in [-0.2, -0.15) is 31.4 Å². The van der Waals surface area contributed by atoms with Gasteiger partial charge in [-0.25, -0.2) is 22.3 Å². The highest BCUT2D eigenvalue weighted by atomic mass is 32.2. The van der Waals surface area contributed by atoms with Crippen LogP contribution in [0, 0.1) is 11.3 Å². The van der Waals surface area contributed by atoms with Gasteiger partial charge in [0.2, 0.25) is 10.0 Å². The Morgan fingerprint density at radius 3 is 1.95 bits per heavy atom. The lowest BCUT2D eigenvalue weighted by Gasteiger charge is -2.42. The zero-order chi connectivity index (χ0) is 30.2. The molecule has 226 valence electrons. The number of rotatable bonds is 6. The van der Waals surface area contributed by atoms with Gasteiger partial charge in [-0.05, 0) is 38.3 Å². The fourth-order valence-corrected chi connectivity index (χ4v) is 5.25. The molecule has 0 aromatic carbocycles. The van der Waals surface area contributed by atoms with Crippen LogP contribution < -0.4 is 0 Å². The SMILES string of the molecule is CCn1cc(CN2CCC3(CC2)CN(S(C)(=O)=O)CC3COC)cn1.O=C(O)C(F)(F)F.O=C(O)C(F)(F)F. The van der Waals surface area contributed by atoms with E-state index in [1.54, 1.807) is 11.4 Å². The maximum atomic E-state index is 12.0. The number of carboxylic acids is 2. The standard InChI is InChI=1S/C17H30N4O3S.2C2HF3O2/c1-4-20-11-15(9-18-20)10-19-7-5-17(6-8-19)14-21(25(3,22)23)12-16(17)13-24-2;2*3-2(4,5)1(6)7/h9,11,16H,4-8,10,12-14H2,1-3H3;2*(H,6,7). The summed E-state index contributed by atoms with van der Waals surface area (Å²) in [5.74, 6) is -5.22. The van der Waals surface area contributed by atoms with Crippen LogP contribution >= 0.6 is 0 Å². The van der Waals surface area contributed by atoms with Gasteiger partial charge in [0.05, 0.1) is 19.1 Å². The number of aryl methyl sites for hydroxylation is 1. The second-order valence-electron chi connectivity index (χ2n) is 9.16. The predicted molar refractivity (Wildman–Crippen MR) is 124 cm³/mol. The van der Waals surface area contributed by atoms with Gasteiger partial charge in [-0.15, -0.1) is 0 Å². The van der Waals surface area contributed by atoms with Gasteiger partial charge in [-0.3, -0.25) is 9.58 Å². The van der Waals surface area contributed by atoms with Crippen molar-refractivity contribution in [3.8, 4) is 0 Å². The summed E-state index contributed by atoms with van der Waals surface area (Å²) in [5, 5.41) is 18.6. The van der Waals surface area contributed by atoms with Crippen LogP contribution in [-0.2, 0) is 37.4 Å². The fraction of sp³-hybridized carbons (Fsp3) is 0.762. The third-order valence-corrected chi connectivity index (χ3v) is 7.59. The van der Waals surface area contributed by atoms with Crippen LogP contribution in [-0.4, -0.2) is 108 Å². The summed E-state index contributed by atoms with van der Waals surface area (Å²) in [5.41, 5.74) is 1.30. The lowest BCUT2D eigenvalue weighted by Crippen LogP contribution is -2.45. The minimum absolute atomic E-state index is 0.0587. The quantitative estimate of drug-likeness (QED) is 0.472. The number of sulfonamides is 1. The van der Waals surface area contributed by atoms with Crippen molar-refractivity contribution >= 4 is 22.0 Å². The molecule has 0 radical (unpaired) electrons. The number of hydrogen-bond acceptors (Lipinski definition) is 7. The van der Waals surface area contributed by atoms with Gasteiger partial charge in [0, 0.05) is 51.0 Å². The molecular formula is C21H32F6N4O7S. The Hall–Kier alpha value is -2.44. The lowest BCUT2D eigenvalue weighted by molar-refractivity contribution is -0.193. The maximum absolute atomic E-state index is 12.0. The van der Waals surface area contributed by atoms with Gasteiger partial charge in [0.1, 0.15) is 0 Å². The second-order valence-corrected chi connectivity index (χ2v) is 11.1. The molecule has 2 fully saturated rings. The van der Waals surface area contributed by atoms with Gasteiger partial charge >= 0.3 is 24.3 Å². The van der Waals surface area contributed by atoms with Crippen LogP contribution in [0.4, 0.5) is 26.3 Å². The molecule has 1 unspecified atom stereocenters. The van der Waals surface area contributed by atoms with Gasteiger partial charge in [0.25, 0.3) is 0 Å². The smallest absolute Gasteiger partial charge is 0.475 e. The molecule has 0 amide bonds. The van der Waals surface area contributed by atoms with Crippen LogP contribution in [0.2, 0.25) is 0 Å². The third-order valence-electron chi connectivity index (χ3n) is 6.37. The fourth-order valence-electron chi connectivity index (χ4n) is 4.31. The summed E-state index contributed by atoms with van der Waals surface area (Å²) in [7, 11) is -1.43. The number of nitrogens with zero attached hydrogens (tertiary/aromatic N) is 4. The van der Waals surface area contributed by atoms with Crippen molar-refractivity contribution in [1.29, 1.82) is 0 Å². The first-order valence-corrected chi connectivity index (χ1v) is 13.4. The average molecular weight is 599 g/mol. The second kappa shape index (κ2) is 13.8. The number of likely N-dealkylation sites (tertiary alicyclic amines) is 1. The minimum Gasteiger partial charge on any atom is -0.475 e. The molecule has 39 heavy (non-hydrogen) atoms. The Morgan fingerprint density at radius 2 is 1.59 bits per heavy atom. The summed E-state index contributed by atoms with van der Waals surface area (Å²) in [6, 6.07) is 0. The maximum Gasteiger partial charge on any atom is 0.490 e. The topological polar surface area (TPSA) is 142 Å². The molecule has 3 rings (SSSR count). The Kier molecular flexibility index (Phi) is 12.2. The summed E-state index contributed by atoms with van der Waals surface area (Å²) < 4.78 is 96.5. The van der Waals surface area contributed by atoms with Crippen molar-refractivity contribution in [2.45, 2.75) is 45.2 Å². The van der Waals surface area contributed by atoms with E-state index in [-0.39, 0.29) is 11.3 Å². The normalized spacial score (nSPS) is 20.1. The number of hydrogen-bond donors (Lipinski definition) is 2. The van der Waals surface area contributed by atoms with Crippen molar-refractivity contribution in [1.82, 2.24) is 19.0 Å². The van der Waals surface area contributed by atoms with Crippen LogP contribution in [0.1, 0.15) is 25.3 Å². The molecule has 18 heteroatoms. The Balaban J connectivity index is 0.000000449. The summed E-state index contributed by atoms with van der Waals surface area (Å²) in [4.78, 5) is 20.2. The van der Waals surface area contributed by atoms with E-state index in [1.807, 2.05) is 10.9 Å². The van der Waals surface area contributed by atoms with Crippen molar-refractivity contribution < 1.29 is 59.3 Å². The summed E-state index contributed by atoms with van der Waals surface area (Å²) >= 11 is 0. The van der Waals surface area contributed by atoms with Gasteiger partial charge in [-0.1, -0.05) is 0 Å². The van der Waals surface area contributed by atoms with Crippen LogP contribution in [0.15, 0.2) is 12.4 Å². The van der Waals surface area contributed by atoms with Gasteiger partial charge < -0.3 is 14.9 Å². The third kappa shape index (κ3) is 10.9. The number of halogens is 6. The Labute approximate surface area is 221 Å². The number of alkyl halides is 6. The van der Waals surface area contributed by atoms with Crippen molar-refractivity contribution in [2.75, 3.05) is 46.2 Å². The summed E-state index contributed by atoms with van der Waals surface area (Å²) in [6.07, 6.45) is -2.75. The first kappa shape index (κ1) is 34.6. The van der Waals surface area contributed by atoms with E-state index < -0.39 is 34.3 Å². The van der Waals surface area contributed by atoms with E-state index in [9.17, 15) is 34.8 Å². The molecule has 2 N–H and O–H groups in total. The molecular weight excluding hydrogens is 566 g/mol. The number of carboxylic acid groups (broad SMARTS) is 2. The van der Waals surface area contributed by atoms with Crippen LogP contribution in [0.3, 0.4) is 0 Å². The zero-order valence-corrected chi connectivity index (χ0v) is 22.3. The molecule has 2 aliphatic heterocycles. The van der Waals surface area contributed by atoms with Gasteiger partial charge in [0.15, 0.2) is 0 Å². The lowest BCUT2D eigenvalue weighted by atomic mass is 9.71. The Morgan fingerprint density at radius 1 is 1.10 bits per heavy atom. The number of piperidine rings is 1. The molecule has 3 heterocycles. The van der Waals surface area contributed by atoms with E-state index >= 15 is 0 Å². The Bertz CT molecular complexity index is 1030. The molecule has 2 saturated heterocycles.